The highest BCUT2D eigenvalue weighted by atomic mass is 16.5. The summed E-state index contributed by atoms with van der Waals surface area (Å²) in [5.74, 6) is 1.55. The molecule has 1 fully saturated rings. The van der Waals surface area contributed by atoms with Crippen molar-refractivity contribution in [3.63, 3.8) is 0 Å². The molecule has 0 saturated heterocycles. The van der Waals surface area contributed by atoms with Crippen molar-refractivity contribution in [3.8, 4) is 11.5 Å². The molecule has 1 saturated carbocycles. The predicted molar refractivity (Wildman–Crippen MR) is 81.9 cm³/mol. The van der Waals surface area contributed by atoms with Crippen molar-refractivity contribution in [2.24, 2.45) is 0 Å². The van der Waals surface area contributed by atoms with Gasteiger partial charge in [-0.2, -0.15) is 0 Å². The summed E-state index contributed by atoms with van der Waals surface area (Å²) >= 11 is 0. The summed E-state index contributed by atoms with van der Waals surface area (Å²) < 4.78 is 10.5. The summed E-state index contributed by atoms with van der Waals surface area (Å²) in [6, 6.07) is 6.13. The van der Waals surface area contributed by atoms with Crippen molar-refractivity contribution >= 4 is 5.91 Å². The molecule has 2 rings (SSSR count). The molecule has 1 aromatic rings. The van der Waals surface area contributed by atoms with Gasteiger partial charge in [-0.1, -0.05) is 6.07 Å². The Bertz CT molecular complexity index is 486. The van der Waals surface area contributed by atoms with Crippen molar-refractivity contribution in [3.05, 3.63) is 23.8 Å². The summed E-state index contributed by atoms with van der Waals surface area (Å²) in [6.07, 6.45) is 3.07. The average Bonchev–Trinajstić information content (AvgIpc) is 3.30. The fourth-order valence-corrected chi connectivity index (χ4v) is 2.12. The number of carbonyl (C=O) groups is 1. The number of hydrogen-bond donors (Lipinski definition) is 2. The molecular weight excluding hydrogens is 268 g/mol. The molecule has 1 atom stereocenters. The van der Waals surface area contributed by atoms with Gasteiger partial charge in [0.25, 0.3) is 0 Å². The molecule has 1 amide bonds. The average molecular weight is 292 g/mol. The van der Waals surface area contributed by atoms with Crippen LogP contribution in [0.4, 0.5) is 0 Å². The van der Waals surface area contributed by atoms with E-state index in [1.807, 2.05) is 25.1 Å². The van der Waals surface area contributed by atoms with Crippen LogP contribution in [0.3, 0.4) is 0 Å². The van der Waals surface area contributed by atoms with E-state index in [1.165, 1.54) is 0 Å². The van der Waals surface area contributed by atoms with Gasteiger partial charge in [-0.15, -0.1) is 0 Å². The van der Waals surface area contributed by atoms with Gasteiger partial charge in [-0.25, -0.2) is 0 Å². The first-order chi connectivity index (χ1) is 10.1. The Morgan fingerprint density at radius 1 is 1.29 bits per heavy atom. The number of methoxy groups -OCH3 is 2. The summed E-state index contributed by atoms with van der Waals surface area (Å²) in [5, 5.41) is 6.24. The van der Waals surface area contributed by atoms with Crippen LogP contribution in [0.1, 0.15) is 25.3 Å². The molecule has 21 heavy (non-hydrogen) atoms. The maximum atomic E-state index is 11.8. The Hall–Kier alpha value is -1.75. The van der Waals surface area contributed by atoms with E-state index in [-0.39, 0.29) is 11.9 Å². The molecule has 0 heterocycles. The largest absolute Gasteiger partial charge is 0.493 e. The van der Waals surface area contributed by atoms with E-state index in [0.717, 1.165) is 42.9 Å². The molecule has 0 radical (unpaired) electrons. The van der Waals surface area contributed by atoms with Crippen LogP contribution < -0.4 is 20.1 Å². The molecule has 1 unspecified atom stereocenters. The van der Waals surface area contributed by atoms with Crippen LogP contribution in [-0.2, 0) is 11.2 Å². The Kier molecular flexibility index (Phi) is 5.44. The van der Waals surface area contributed by atoms with Gasteiger partial charge in [0, 0.05) is 6.04 Å². The molecule has 0 aromatic heterocycles. The Morgan fingerprint density at radius 3 is 2.62 bits per heavy atom. The van der Waals surface area contributed by atoms with E-state index in [4.69, 9.17) is 9.47 Å². The molecule has 1 aliphatic rings. The fourth-order valence-electron chi connectivity index (χ4n) is 2.12. The van der Waals surface area contributed by atoms with Crippen LogP contribution in [0.25, 0.3) is 0 Å². The van der Waals surface area contributed by atoms with Crippen molar-refractivity contribution in [2.75, 3.05) is 20.8 Å². The molecule has 0 aliphatic heterocycles. The van der Waals surface area contributed by atoms with Crippen molar-refractivity contribution in [1.82, 2.24) is 10.6 Å². The number of nitrogens with one attached hydrogen (secondary N) is 2. The van der Waals surface area contributed by atoms with Crippen LogP contribution >= 0.6 is 0 Å². The highest BCUT2D eigenvalue weighted by molar-refractivity contribution is 5.81. The minimum absolute atomic E-state index is 0.0878. The fraction of sp³-hybridized carbons (Fsp3) is 0.562. The first kappa shape index (κ1) is 15.6. The monoisotopic (exact) mass is 292 g/mol. The number of rotatable bonds is 8. The maximum absolute atomic E-state index is 11.8. The second-order valence-electron chi connectivity index (χ2n) is 5.40. The normalized spacial score (nSPS) is 15.4. The van der Waals surface area contributed by atoms with Crippen molar-refractivity contribution in [1.29, 1.82) is 0 Å². The quantitative estimate of drug-likeness (QED) is 0.762. The van der Waals surface area contributed by atoms with Gasteiger partial charge in [0.05, 0.1) is 20.3 Å². The maximum Gasteiger partial charge on any atom is 0.237 e. The molecule has 0 bridgehead atoms. The number of carbonyl (C=O) groups excluding carboxylic acids is 1. The Morgan fingerprint density at radius 2 is 2.00 bits per heavy atom. The van der Waals surface area contributed by atoms with E-state index in [2.05, 4.69) is 10.6 Å². The van der Waals surface area contributed by atoms with Gasteiger partial charge in [0.1, 0.15) is 0 Å². The predicted octanol–water partition coefficient (Wildman–Crippen LogP) is 1.50. The lowest BCUT2D eigenvalue weighted by Crippen LogP contribution is -2.43. The molecule has 5 heteroatoms. The van der Waals surface area contributed by atoms with Crippen LogP contribution in [-0.4, -0.2) is 38.8 Å². The lowest BCUT2D eigenvalue weighted by Gasteiger charge is -2.14. The van der Waals surface area contributed by atoms with Crippen LogP contribution in [0.15, 0.2) is 18.2 Å². The van der Waals surface area contributed by atoms with E-state index in [1.54, 1.807) is 14.2 Å². The summed E-state index contributed by atoms with van der Waals surface area (Å²) in [6.45, 7) is 2.64. The Balaban J connectivity index is 1.78. The van der Waals surface area contributed by atoms with Crippen molar-refractivity contribution in [2.45, 2.75) is 38.3 Å². The molecule has 1 aliphatic carbocycles. The zero-order valence-corrected chi connectivity index (χ0v) is 12.9. The first-order valence-electron chi connectivity index (χ1n) is 7.38. The number of amides is 1. The third-order valence-corrected chi connectivity index (χ3v) is 3.63. The lowest BCUT2D eigenvalue weighted by atomic mass is 10.1. The highest BCUT2D eigenvalue weighted by Crippen LogP contribution is 2.27. The number of benzene rings is 1. The minimum Gasteiger partial charge on any atom is -0.493 e. The molecule has 1 aromatic carbocycles. The van der Waals surface area contributed by atoms with Crippen LogP contribution in [0.2, 0.25) is 0 Å². The number of hydrogen-bond acceptors (Lipinski definition) is 4. The summed E-state index contributed by atoms with van der Waals surface area (Å²) in [4.78, 5) is 11.8. The zero-order chi connectivity index (χ0) is 15.2. The van der Waals surface area contributed by atoms with Gasteiger partial charge >= 0.3 is 0 Å². The van der Waals surface area contributed by atoms with Crippen LogP contribution in [0, 0.1) is 0 Å². The lowest BCUT2D eigenvalue weighted by molar-refractivity contribution is -0.122. The van der Waals surface area contributed by atoms with E-state index in [0.29, 0.717) is 6.04 Å². The molecule has 5 nitrogen and oxygen atoms in total. The highest BCUT2D eigenvalue weighted by Gasteiger charge is 2.25. The van der Waals surface area contributed by atoms with Gasteiger partial charge in [-0.3, -0.25) is 4.79 Å². The van der Waals surface area contributed by atoms with Crippen molar-refractivity contribution < 1.29 is 14.3 Å². The minimum atomic E-state index is -0.161. The van der Waals surface area contributed by atoms with E-state index >= 15 is 0 Å². The SMILES string of the molecule is COc1ccc(CCNC(C)C(=O)NC2CC2)cc1OC. The third-order valence-electron chi connectivity index (χ3n) is 3.63. The van der Waals surface area contributed by atoms with Gasteiger partial charge < -0.3 is 20.1 Å². The topological polar surface area (TPSA) is 59.6 Å². The van der Waals surface area contributed by atoms with Crippen LogP contribution in [0.5, 0.6) is 11.5 Å². The number of ether oxygens (including phenoxy) is 2. The molecule has 0 spiro atoms. The smallest absolute Gasteiger partial charge is 0.237 e. The van der Waals surface area contributed by atoms with Gasteiger partial charge in [0.2, 0.25) is 5.91 Å². The van der Waals surface area contributed by atoms with E-state index < -0.39 is 0 Å². The van der Waals surface area contributed by atoms with Gasteiger partial charge in [-0.05, 0) is 50.4 Å². The summed E-state index contributed by atoms with van der Waals surface area (Å²) in [5.41, 5.74) is 1.15. The Labute approximate surface area is 126 Å². The van der Waals surface area contributed by atoms with Gasteiger partial charge in [0.15, 0.2) is 11.5 Å². The standard InChI is InChI=1S/C16H24N2O3/c1-11(16(19)18-13-5-6-13)17-9-8-12-4-7-14(20-2)15(10-12)21-3/h4,7,10-11,13,17H,5-6,8-9H2,1-3H3,(H,18,19). The molecular formula is C16H24N2O3. The second kappa shape index (κ2) is 7.31. The molecule has 2 N–H and O–H groups in total. The zero-order valence-electron chi connectivity index (χ0n) is 12.9. The molecule has 116 valence electrons. The van der Waals surface area contributed by atoms with E-state index in [9.17, 15) is 4.79 Å². The first-order valence-corrected chi connectivity index (χ1v) is 7.38. The second-order valence-corrected chi connectivity index (χ2v) is 5.40. The summed E-state index contributed by atoms with van der Waals surface area (Å²) in [7, 11) is 3.25. The third kappa shape index (κ3) is 4.63.